The van der Waals surface area contributed by atoms with Gasteiger partial charge in [-0.3, -0.25) is 4.98 Å². The van der Waals surface area contributed by atoms with Crippen molar-refractivity contribution >= 4 is 11.4 Å². The Morgan fingerprint density at radius 1 is 1.42 bits per heavy atom. The Bertz CT molecular complexity index is 243. The molecule has 0 unspecified atom stereocenters. The third kappa shape index (κ3) is 1.67. The normalized spacial score (nSPS) is 9.83. The van der Waals surface area contributed by atoms with Gasteiger partial charge in [-0.15, -0.1) is 0 Å². The summed E-state index contributed by atoms with van der Waals surface area (Å²) < 4.78 is 0. The molecule has 66 valence electrons. The standard InChI is InChI=1S/C9H15N3/c1-3-12(4-2)9-5-6-11-7-8(9)10/h5-7H,3-4,10H2,1-2H3. The molecule has 0 aromatic carbocycles. The average molecular weight is 165 g/mol. The molecule has 0 atom stereocenters. The molecular formula is C9H15N3. The van der Waals surface area contributed by atoms with Crippen LogP contribution >= 0.6 is 0 Å². The van der Waals surface area contributed by atoms with Crippen molar-refractivity contribution in [2.75, 3.05) is 23.7 Å². The molecule has 0 bridgehead atoms. The van der Waals surface area contributed by atoms with Crippen molar-refractivity contribution in [2.24, 2.45) is 0 Å². The Morgan fingerprint density at radius 3 is 2.58 bits per heavy atom. The lowest BCUT2D eigenvalue weighted by Gasteiger charge is -2.21. The Labute approximate surface area is 73.2 Å². The fourth-order valence-corrected chi connectivity index (χ4v) is 1.25. The second kappa shape index (κ2) is 3.95. The van der Waals surface area contributed by atoms with Crippen LogP contribution in [-0.2, 0) is 0 Å². The maximum Gasteiger partial charge on any atom is 0.0738 e. The molecule has 1 aromatic heterocycles. The highest BCUT2D eigenvalue weighted by Crippen LogP contribution is 2.20. The van der Waals surface area contributed by atoms with Gasteiger partial charge < -0.3 is 10.6 Å². The van der Waals surface area contributed by atoms with Gasteiger partial charge in [0, 0.05) is 19.3 Å². The van der Waals surface area contributed by atoms with Gasteiger partial charge in [0.15, 0.2) is 0 Å². The van der Waals surface area contributed by atoms with Crippen molar-refractivity contribution in [1.82, 2.24) is 4.98 Å². The van der Waals surface area contributed by atoms with E-state index in [1.165, 1.54) is 0 Å². The van der Waals surface area contributed by atoms with E-state index in [9.17, 15) is 0 Å². The predicted octanol–water partition coefficient (Wildman–Crippen LogP) is 1.51. The molecule has 1 heterocycles. The number of nitrogens with zero attached hydrogens (tertiary/aromatic N) is 2. The van der Waals surface area contributed by atoms with E-state index in [0.717, 1.165) is 24.5 Å². The van der Waals surface area contributed by atoms with E-state index >= 15 is 0 Å². The number of hydrogen-bond donors (Lipinski definition) is 1. The van der Waals surface area contributed by atoms with Gasteiger partial charge in [-0.25, -0.2) is 0 Å². The lowest BCUT2D eigenvalue weighted by molar-refractivity contribution is 0.866. The Balaban J connectivity index is 2.92. The van der Waals surface area contributed by atoms with Crippen LogP contribution in [-0.4, -0.2) is 18.1 Å². The molecule has 1 aromatic rings. The number of nitrogen functional groups attached to an aromatic ring is 1. The highest BCUT2D eigenvalue weighted by molar-refractivity contribution is 5.65. The van der Waals surface area contributed by atoms with E-state index < -0.39 is 0 Å². The zero-order valence-corrected chi connectivity index (χ0v) is 7.62. The summed E-state index contributed by atoms with van der Waals surface area (Å²) in [4.78, 5) is 6.15. The van der Waals surface area contributed by atoms with Crippen LogP contribution in [0.25, 0.3) is 0 Å². The van der Waals surface area contributed by atoms with E-state index in [-0.39, 0.29) is 0 Å². The molecule has 0 spiro atoms. The van der Waals surface area contributed by atoms with Gasteiger partial charge >= 0.3 is 0 Å². The summed E-state index contributed by atoms with van der Waals surface area (Å²) in [5.41, 5.74) is 7.60. The molecular weight excluding hydrogens is 150 g/mol. The Kier molecular flexibility index (Phi) is 2.91. The van der Waals surface area contributed by atoms with Crippen LogP contribution in [0.4, 0.5) is 11.4 Å². The lowest BCUT2D eigenvalue weighted by atomic mass is 10.3. The fraction of sp³-hybridized carbons (Fsp3) is 0.444. The van der Waals surface area contributed by atoms with Crippen molar-refractivity contribution in [2.45, 2.75) is 13.8 Å². The number of rotatable bonds is 3. The molecule has 3 nitrogen and oxygen atoms in total. The molecule has 0 radical (unpaired) electrons. The molecule has 0 saturated carbocycles. The van der Waals surface area contributed by atoms with Crippen molar-refractivity contribution < 1.29 is 0 Å². The number of hydrogen-bond acceptors (Lipinski definition) is 3. The second-order valence-corrected chi connectivity index (χ2v) is 2.61. The highest BCUT2D eigenvalue weighted by Gasteiger charge is 2.03. The first kappa shape index (κ1) is 8.84. The van der Waals surface area contributed by atoms with E-state index in [2.05, 4.69) is 23.7 Å². The third-order valence-corrected chi connectivity index (χ3v) is 1.93. The van der Waals surface area contributed by atoms with E-state index in [1.54, 1.807) is 12.4 Å². The summed E-state index contributed by atoms with van der Waals surface area (Å²) in [5.74, 6) is 0. The molecule has 2 N–H and O–H groups in total. The SMILES string of the molecule is CCN(CC)c1ccncc1N. The first-order valence-electron chi connectivity index (χ1n) is 4.24. The smallest absolute Gasteiger partial charge is 0.0738 e. The van der Waals surface area contributed by atoms with Crippen LogP contribution in [0.3, 0.4) is 0 Å². The molecule has 0 amide bonds. The highest BCUT2D eigenvalue weighted by atomic mass is 15.1. The quantitative estimate of drug-likeness (QED) is 0.738. The molecule has 0 fully saturated rings. The van der Waals surface area contributed by atoms with Crippen LogP contribution in [0.2, 0.25) is 0 Å². The monoisotopic (exact) mass is 165 g/mol. The molecule has 0 saturated heterocycles. The number of pyridine rings is 1. The van der Waals surface area contributed by atoms with Crippen LogP contribution < -0.4 is 10.6 Å². The van der Waals surface area contributed by atoms with Crippen LogP contribution in [0.5, 0.6) is 0 Å². The lowest BCUT2D eigenvalue weighted by Crippen LogP contribution is -2.22. The largest absolute Gasteiger partial charge is 0.396 e. The summed E-state index contributed by atoms with van der Waals surface area (Å²) in [5, 5.41) is 0. The van der Waals surface area contributed by atoms with Crippen molar-refractivity contribution in [3.63, 3.8) is 0 Å². The topological polar surface area (TPSA) is 42.2 Å². The minimum atomic E-state index is 0.751. The van der Waals surface area contributed by atoms with Crippen molar-refractivity contribution in [3.8, 4) is 0 Å². The first-order chi connectivity index (χ1) is 5.79. The minimum Gasteiger partial charge on any atom is -0.396 e. The predicted molar refractivity (Wildman–Crippen MR) is 52.2 cm³/mol. The van der Waals surface area contributed by atoms with Crippen LogP contribution in [0.1, 0.15) is 13.8 Å². The Morgan fingerprint density at radius 2 is 2.08 bits per heavy atom. The van der Waals surface area contributed by atoms with Gasteiger partial charge in [-0.2, -0.15) is 0 Å². The summed E-state index contributed by atoms with van der Waals surface area (Å²) in [6, 6.07) is 1.95. The number of anilines is 2. The zero-order valence-electron chi connectivity index (χ0n) is 7.62. The molecule has 0 aliphatic heterocycles. The third-order valence-electron chi connectivity index (χ3n) is 1.93. The van der Waals surface area contributed by atoms with Gasteiger partial charge in [0.2, 0.25) is 0 Å². The number of aromatic nitrogens is 1. The maximum atomic E-state index is 5.77. The van der Waals surface area contributed by atoms with Crippen LogP contribution in [0, 0.1) is 0 Å². The van der Waals surface area contributed by atoms with Gasteiger partial charge in [-0.1, -0.05) is 0 Å². The van der Waals surface area contributed by atoms with Gasteiger partial charge in [0.1, 0.15) is 0 Å². The summed E-state index contributed by atoms with van der Waals surface area (Å²) in [7, 11) is 0. The summed E-state index contributed by atoms with van der Waals surface area (Å²) in [6.45, 7) is 6.18. The van der Waals surface area contributed by atoms with Gasteiger partial charge in [0.25, 0.3) is 0 Å². The molecule has 3 heteroatoms. The Hall–Kier alpha value is -1.25. The van der Waals surface area contributed by atoms with Crippen LogP contribution in [0.15, 0.2) is 18.5 Å². The second-order valence-electron chi connectivity index (χ2n) is 2.61. The summed E-state index contributed by atoms with van der Waals surface area (Å²) >= 11 is 0. The molecule has 12 heavy (non-hydrogen) atoms. The van der Waals surface area contributed by atoms with Crippen molar-refractivity contribution in [1.29, 1.82) is 0 Å². The first-order valence-corrected chi connectivity index (χ1v) is 4.24. The van der Waals surface area contributed by atoms with Gasteiger partial charge in [0.05, 0.1) is 17.6 Å². The minimum absolute atomic E-state index is 0.751. The van der Waals surface area contributed by atoms with E-state index in [1.807, 2.05) is 6.07 Å². The maximum absolute atomic E-state index is 5.77. The van der Waals surface area contributed by atoms with Crippen molar-refractivity contribution in [3.05, 3.63) is 18.5 Å². The van der Waals surface area contributed by atoms with E-state index in [0.29, 0.717) is 0 Å². The summed E-state index contributed by atoms with van der Waals surface area (Å²) in [6.07, 6.45) is 3.46. The average Bonchev–Trinajstić information content (AvgIpc) is 2.10. The zero-order chi connectivity index (χ0) is 8.97. The molecule has 0 aliphatic carbocycles. The van der Waals surface area contributed by atoms with Gasteiger partial charge in [-0.05, 0) is 19.9 Å². The molecule has 1 rings (SSSR count). The fourth-order valence-electron chi connectivity index (χ4n) is 1.25. The number of nitrogens with two attached hydrogens (primary N) is 1. The molecule has 0 aliphatic rings. The van der Waals surface area contributed by atoms with E-state index in [4.69, 9.17) is 5.73 Å².